The van der Waals surface area contributed by atoms with E-state index in [2.05, 4.69) is 43.0 Å². The number of benzene rings is 1. The van der Waals surface area contributed by atoms with Crippen LogP contribution in [0.4, 0.5) is 5.82 Å². The van der Waals surface area contributed by atoms with E-state index < -0.39 is 10.8 Å². The first-order valence-corrected chi connectivity index (χ1v) is 9.17. The number of nitrogens with zero attached hydrogens (tertiary/aromatic N) is 2. The molecule has 0 unspecified atom stereocenters. The van der Waals surface area contributed by atoms with Crippen LogP contribution in [0.2, 0.25) is 0 Å². The molecule has 0 bridgehead atoms. The minimum absolute atomic E-state index is 0.646. The lowest BCUT2D eigenvalue weighted by Crippen LogP contribution is -2.38. The summed E-state index contributed by atoms with van der Waals surface area (Å²) in [6.45, 7) is 6.03. The van der Waals surface area contributed by atoms with Crippen molar-refractivity contribution in [2.24, 2.45) is 0 Å². The van der Waals surface area contributed by atoms with Gasteiger partial charge in [-0.05, 0) is 30.5 Å². The van der Waals surface area contributed by atoms with Crippen molar-refractivity contribution in [3.05, 3.63) is 35.4 Å². The Morgan fingerprint density at radius 3 is 2.76 bits per heavy atom. The predicted octanol–water partition coefficient (Wildman–Crippen LogP) is 3.06. The number of aryl methyl sites for hydroxylation is 2. The maximum absolute atomic E-state index is 11.6. The molecule has 0 amide bonds. The third-order valence-corrected chi connectivity index (χ3v) is 5.38. The lowest BCUT2D eigenvalue weighted by atomic mass is 10.0. The van der Waals surface area contributed by atoms with E-state index in [4.69, 9.17) is 4.98 Å². The number of pyridine rings is 1. The molecule has 1 aromatic carbocycles. The Morgan fingerprint density at radius 1 is 1.29 bits per heavy atom. The molecule has 1 aliphatic rings. The summed E-state index contributed by atoms with van der Waals surface area (Å²) in [6.07, 6.45) is 2.16. The first kappa shape index (κ1) is 14.5. The summed E-state index contributed by atoms with van der Waals surface area (Å²) in [5.41, 5.74) is 3.64. The highest BCUT2D eigenvalue weighted by Crippen LogP contribution is 2.27. The molecule has 0 radical (unpaired) electrons. The maximum atomic E-state index is 11.6. The van der Waals surface area contributed by atoms with E-state index in [9.17, 15) is 4.21 Å². The van der Waals surface area contributed by atoms with Crippen molar-refractivity contribution in [2.75, 3.05) is 29.5 Å². The molecule has 1 aromatic heterocycles. The van der Waals surface area contributed by atoms with E-state index >= 15 is 0 Å². The van der Waals surface area contributed by atoms with E-state index in [0.717, 1.165) is 48.8 Å². The standard InChI is InChI=1S/C17H22N2OS/c1-3-5-15-12-14-7-4-6-13(2)16(14)18-17(15)19-8-10-21(20)11-9-19/h4,6-7,12H,3,5,8-11H2,1-2H3. The van der Waals surface area contributed by atoms with Crippen molar-refractivity contribution < 1.29 is 4.21 Å². The summed E-state index contributed by atoms with van der Waals surface area (Å²) in [5.74, 6) is 2.63. The quantitative estimate of drug-likeness (QED) is 0.873. The second-order valence-electron chi connectivity index (χ2n) is 5.70. The molecule has 3 rings (SSSR count). The number of aromatic nitrogens is 1. The van der Waals surface area contributed by atoms with Gasteiger partial charge in [0.25, 0.3) is 0 Å². The smallest absolute Gasteiger partial charge is 0.132 e. The summed E-state index contributed by atoms with van der Waals surface area (Å²) in [7, 11) is -0.646. The highest BCUT2D eigenvalue weighted by Gasteiger charge is 2.19. The van der Waals surface area contributed by atoms with E-state index in [0.29, 0.717) is 0 Å². The molecular formula is C17H22N2OS. The van der Waals surface area contributed by atoms with Gasteiger partial charge in [0.1, 0.15) is 5.82 Å². The average molecular weight is 302 g/mol. The van der Waals surface area contributed by atoms with Crippen molar-refractivity contribution in [2.45, 2.75) is 26.7 Å². The molecule has 1 fully saturated rings. The molecule has 0 aliphatic carbocycles. The fourth-order valence-electron chi connectivity index (χ4n) is 2.96. The van der Waals surface area contributed by atoms with Crippen LogP contribution in [-0.4, -0.2) is 33.8 Å². The Balaban J connectivity index is 2.07. The fraction of sp³-hybridized carbons (Fsp3) is 0.471. The lowest BCUT2D eigenvalue weighted by Gasteiger charge is -2.29. The summed E-state index contributed by atoms with van der Waals surface area (Å²) < 4.78 is 11.6. The summed E-state index contributed by atoms with van der Waals surface area (Å²) in [5, 5.41) is 1.22. The zero-order chi connectivity index (χ0) is 14.8. The van der Waals surface area contributed by atoms with Gasteiger partial charge < -0.3 is 4.90 Å². The summed E-state index contributed by atoms with van der Waals surface area (Å²) in [6, 6.07) is 8.64. The number of fused-ring (bicyclic) bond motifs is 1. The highest BCUT2D eigenvalue weighted by atomic mass is 32.2. The minimum Gasteiger partial charge on any atom is -0.355 e. The van der Waals surface area contributed by atoms with E-state index in [1.807, 2.05) is 0 Å². The van der Waals surface area contributed by atoms with Gasteiger partial charge in [0.15, 0.2) is 0 Å². The van der Waals surface area contributed by atoms with E-state index in [1.54, 1.807) is 0 Å². The van der Waals surface area contributed by atoms with Crippen LogP contribution in [-0.2, 0) is 17.2 Å². The molecule has 0 saturated carbocycles. The molecule has 4 heteroatoms. The van der Waals surface area contributed by atoms with Gasteiger partial charge in [-0.1, -0.05) is 31.5 Å². The number of hydrogen-bond donors (Lipinski definition) is 0. The average Bonchev–Trinajstić information content (AvgIpc) is 2.48. The van der Waals surface area contributed by atoms with Gasteiger partial charge in [0.2, 0.25) is 0 Å². The molecule has 21 heavy (non-hydrogen) atoms. The van der Waals surface area contributed by atoms with Gasteiger partial charge in [-0.15, -0.1) is 0 Å². The van der Waals surface area contributed by atoms with Crippen LogP contribution in [0.1, 0.15) is 24.5 Å². The van der Waals surface area contributed by atoms with Crippen LogP contribution in [0.5, 0.6) is 0 Å². The summed E-state index contributed by atoms with van der Waals surface area (Å²) >= 11 is 0. The van der Waals surface area contributed by atoms with Crippen LogP contribution in [0, 0.1) is 6.92 Å². The van der Waals surface area contributed by atoms with E-state index in [-0.39, 0.29) is 0 Å². The summed E-state index contributed by atoms with van der Waals surface area (Å²) in [4.78, 5) is 7.29. The Labute approximate surface area is 128 Å². The molecule has 112 valence electrons. The second kappa shape index (κ2) is 6.14. The van der Waals surface area contributed by atoms with Crippen LogP contribution in [0.3, 0.4) is 0 Å². The third kappa shape index (κ3) is 2.95. The Bertz CT molecular complexity index is 674. The van der Waals surface area contributed by atoms with Gasteiger partial charge in [-0.2, -0.15) is 0 Å². The molecule has 1 aliphatic heterocycles. The Kier molecular flexibility index (Phi) is 4.24. The van der Waals surface area contributed by atoms with Gasteiger partial charge in [0, 0.05) is 40.8 Å². The largest absolute Gasteiger partial charge is 0.355 e. The van der Waals surface area contributed by atoms with Crippen LogP contribution < -0.4 is 4.90 Å². The zero-order valence-corrected chi connectivity index (χ0v) is 13.6. The molecule has 2 heterocycles. The van der Waals surface area contributed by atoms with Crippen LogP contribution >= 0.6 is 0 Å². The molecular weight excluding hydrogens is 280 g/mol. The van der Waals surface area contributed by atoms with Crippen molar-refractivity contribution >= 4 is 27.5 Å². The SMILES string of the molecule is CCCc1cc2cccc(C)c2nc1N1CCS(=O)CC1. The number of hydrogen-bond acceptors (Lipinski definition) is 3. The van der Waals surface area contributed by atoms with Crippen molar-refractivity contribution in [3.63, 3.8) is 0 Å². The predicted molar refractivity (Wildman–Crippen MR) is 90.6 cm³/mol. The molecule has 0 atom stereocenters. The minimum atomic E-state index is -0.646. The molecule has 1 saturated heterocycles. The van der Waals surface area contributed by atoms with Gasteiger partial charge in [-0.25, -0.2) is 4.98 Å². The third-order valence-electron chi connectivity index (χ3n) is 4.10. The highest BCUT2D eigenvalue weighted by molar-refractivity contribution is 7.85. The van der Waals surface area contributed by atoms with Crippen molar-refractivity contribution in [1.29, 1.82) is 0 Å². The fourth-order valence-corrected chi connectivity index (χ4v) is 4.01. The van der Waals surface area contributed by atoms with Crippen molar-refractivity contribution in [1.82, 2.24) is 4.98 Å². The van der Waals surface area contributed by atoms with Gasteiger partial charge in [-0.3, -0.25) is 4.21 Å². The number of anilines is 1. The Morgan fingerprint density at radius 2 is 2.05 bits per heavy atom. The second-order valence-corrected chi connectivity index (χ2v) is 7.40. The monoisotopic (exact) mass is 302 g/mol. The van der Waals surface area contributed by atoms with E-state index in [1.165, 1.54) is 16.5 Å². The lowest BCUT2D eigenvalue weighted by molar-refractivity contribution is 0.672. The first-order chi connectivity index (χ1) is 10.2. The zero-order valence-electron chi connectivity index (χ0n) is 12.8. The normalized spacial score (nSPS) is 16.6. The maximum Gasteiger partial charge on any atom is 0.132 e. The van der Waals surface area contributed by atoms with Gasteiger partial charge >= 0.3 is 0 Å². The molecule has 2 aromatic rings. The topological polar surface area (TPSA) is 33.2 Å². The Hall–Kier alpha value is -1.42. The first-order valence-electron chi connectivity index (χ1n) is 7.68. The number of para-hydroxylation sites is 1. The van der Waals surface area contributed by atoms with Gasteiger partial charge in [0.05, 0.1) is 5.52 Å². The van der Waals surface area contributed by atoms with Crippen molar-refractivity contribution in [3.8, 4) is 0 Å². The number of rotatable bonds is 3. The molecule has 0 spiro atoms. The molecule has 0 N–H and O–H groups in total. The molecule has 3 nitrogen and oxygen atoms in total. The van der Waals surface area contributed by atoms with Crippen LogP contribution in [0.25, 0.3) is 10.9 Å². The van der Waals surface area contributed by atoms with Crippen LogP contribution in [0.15, 0.2) is 24.3 Å².